The van der Waals surface area contributed by atoms with Gasteiger partial charge in [0, 0.05) is 14.1 Å². The minimum Gasteiger partial charge on any atom is -0.338 e. The molecule has 7 nitrogen and oxygen atoms in total. The molecule has 0 radical (unpaired) electrons. The molecule has 1 aromatic heterocycles. The maximum Gasteiger partial charge on any atom is 0.442 e. The molecule has 7 heteroatoms. The van der Waals surface area contributed by atoms with Crippen LogP contribution in [0.4, 0.5) is 4.79 Å². The second-order valence-electron chi connectivity index (χ2n) is 2.05. The Kier molecular flexibility index (Phi) is 1.86. The molecule has 0 aliphatic rings. The van der Waals surface area contributed by atoms with Crippen LogP contribution in [0.1, 0.15) is 0 Å². The topological polar surface area (TPSA) is 86.2 Å². The van der Waals surface area contributed by atoms with Crippen molar-refractivity contribution in [2.75, 3.05) is 7.05 Å². The number of amides is 1. The van der Waals surface area contributed by atoms with Crippen LogP contribution >= 0.6 is 0 Å². The lowest BCUT2D eigenvalue weighted by atomic mass is 10.9. The number of hydrogen-bond acceptors (Lipinski definition) is 4. The molecule has 0 bridgehead atoms. The van der Waals surface area contributed by atoms with Crippen LogP contribution in [0, 0.1) is 0 Å². The van der Waals surface area contributed by atoms with Crippen molar-refractivity contribution >= 4 is 6.03 Å². The Morgan fingerprint density at radius 1 is 1.50 bits per heavy atom. The zero-order chi connectivity index (χ0) is 9.30. The molecule has 0 atom stereocenters. The number of nitrogens with one attached hydrogen (secondary N) is 1. The van der Waals surface area contributed by atoms with Crippen molar-refractivity contribution in [2.45, 2.75) is 0 Å². The molecular formula is C5H7N3O4. The minimum absolute atomic E-state index is 0.350. The zero-order valence-electron chi connectivity index (χ0n) is 6.53. The van der Waals surface area contributed by atoms with Crippen molar-refractivity contribution in [3.05, 3.63) is 21.0 Å². The quantitative estimate of drug-likeness (QED) is 0.508. The van der Waals surface area contributed by atoms with Crippen molar-refractivity contribution in [1.82, 2.24) is 14.6 Å². The van der Waals surface area contributed by atoms with Gasteiger partial charge in [0.15, 0.2) is 0 Å². The molecule has 0 saturated heterocycles. The van der Waals surface area contributed by atoms with Gasteiger partial charge in [0.25, 0.3) is 0 Å². The first-order chi connectivity index (χ1) is 5.57. The van der Waals surface area contributed by atoms with Gasteiger partial charge in [-0.15, -0.1) is 0 Å². The number of carbonyl (C=O) groups excluding carboxylic acids is 1. The van der Waals surface area contributed by atoms with Crippen molar-refractivity contribution in [3.8, 4) is 0 Å². The summed E-state index contributed by atoms with van der Waals surface area (Å²) in [5.74, 6) is -0.872. The van der Waals surface area contributed by atoms with E-state index in [4.69, 9.17) is 0 Å². The third kappa shape index (κ3) is 1.04. The predicted octanol–water partition coefficient (Wildman–Crippen LogP) is -1.67. The average molecular weight is 173 g/mol. The van der Waals surface area contributed by atoms with E-state index in [2.05, 4.69) is 9.84 Å². The summed E-state index contributed by atoms with van der Waals surface area (Å²) in [5.41, 5.74) is -0.806. The zero-order valence-corrected chi connectivity index (χ0v) is 6.53. The molecule has 0 spiro atoms. The number of nitrogens with zero attached hydrogens (tertiary/aromatic N) is 2. The van der Waals surface area contributed by atoms with E-state index in [9.17, 15) is 14.4 Å². The highest BCUT2D eigenvalue weighted by Gasteiger charge is 2.12. The summed E-state index contributed by atoms with van der Waals surface area (Å²) in [7, 11) is 2.54. The summed E-state index contributed by atoms with van der Waals surface area (Å²) >= 11 is 0. The molecule has 1 N–H and O–H groups in total. The summed E-state index contributed by atoms with van der Waals surface area (Å²) in [6.07, 6.45) is 0. The lowest BCUT2D eigenvalue weighted by molar-refractivity contribution is 0.206. The van der Waals surface area contributed by atoms with E-state index in [0.29, 0.717) is 9.31 Å². The van der Waals surface area contributed by atoms with Gasteiger partial charge in [-0.3, -0.25) is 0 Å². The van der Waals surface area contributed by atoms with Crippen molar-refractivity contribution in [1.29, 1.82) is 0 Å². The van der Waals surface area contributed by atoms with Gasteiger partial charge in [0.05, 0.1) is 0 Å². The third-order valence-electron chi connectivity index (χ3n) is 1.30. The van der Waals surface area contributed by atoms with E-state index in [1.807, 2.05) is 0 Å². The van der Waals surface area contributed by atoms with Crippen molar-refractivity contribution in [2.24, 2.45) is 7.05 Å². The van der Waals surface area contributed by atoms with E-state index >= 15 is 0 Å². The molecule has 0 saturated carbocycles. The Hall–Kier alpha value is -1.79. The van der Waals surface area contributed by atoms with E-state index in [1.165, 1.54) is 14.1 Å². The van der Waals surface area contributed by atoms with Gasteiger partial charge in [-0.05, 0) is 0 Å². The monoisotopic (exact) mass is 173 g/mol. The van der Waals surface area contributed by atoms with Gasteiger partial charge in [-0.1, -0.05) is 4.74 Å². The molecule has 1 amide bonds. The second kappa shape index (κ2) is 2.68. The molecule has 1 aromatic rings. The highest BCUT2D eigenvalue weighted by atomic mass is 16.5. The average Bonchev–Trinajstić information content (AvgIpc) is 2.32. The van der Waals surface area contributed by atoms with Crippen LogP contribution in [-0.4, -0.2) is 22.4 Å². The minimum atomic E-state index is -0.872. The van der Waals surface area contributed by atoms with Gasteiger partial charge in [-0.25, -0.2) is 19.0 Å². The fourth-order valence-corrected chi connectivity index (χ4v) is 0.623. The lowest BCUT2D eigenvalue weighted by Crippen LogP contribution is -2.34. The smallest absolute Gasteiger partial charge is 0.338 e. The highest BCUT2D eigenvalue weighted by Crippen LogP contribution is 1.73. The maximum absolute atomic E-state index is 11.0. The maximum atomic E-state index is 11.0. The van der Waals surface area contributed by atoms with E-state index in [1.54, 1.807) is 0 Å². The highest BCUT2D eigenvalue weighted by molar-refractivity contribution is 5.74. The summed E-state index contributed by atoms with van der Waals surface area (Å²) in [5, 5.41) is 2.14. The van der Waals surface area contributed by atoms with Gasteiger partial charge in [-0.2, -0.15) is 0 Å². The second-order valence-corrected chi connectivity index (χ2v) is 2.05. The molecule has 12 heavy (non-hydrogen) atoms. The van der Waals surface area contributed by atoms with Crippen LogP contribution in [0.3, 0.4) is 0 Å². The lowest BCUT2D eigenvalue weighted by Gasteiger charge is -1.92. The Morgan fingerprint density at radius 3 is 2.42 bits per heavy atom. The van der Waals surface area contributed by atoms with E-state index in [-0.39, 0.29) is 0 Å². The predicted molar refractivity (Wildman–Crippen MR) is 38.1 cm³/mol. The van der Waals surface area contributed by atoms with Crippen LogP contribution in [-0.2, 0) is 7.05 Å². The largest absolute Gasteiger partial charge is 0.442 e. The SMILES string of the molecule is CNC(=O)n1oc(=O)n(C)c1=O. The molecule has 0 aliphatic heterocycles. The number of carbonyl (C=O) groups is 1. The molecule has 0 aromatic carbocycles. The van der Waals surface area contributed by atoms with Crippen LogP contribution in [0.5, 0.6) is 0 Å². The van der Waals surface area contributed by atoms with Crippen molar-refractivity contribution in [3.63, 3.8) is 0 Å². The summed E-state index contributed by atoms with van der Waals surface area (Å²) < 4.78 is 5.34. The van der Waals surface area contributed by atoms with Crippen LogP contribution in [0.25, 0.3) is 0 Å². The fraction of sp³-hybridized carbons (Fsp3) is 0.400. The molecule has 1 heterocycles. The first-order valence-corrected chi connectivity index (χ1v) is 3.09. The van der Waals surface area contributed by atoms with E-state index in [0.717, 1.165) is 0 Å². The van der Waals surface area contributed by atoms with Crippen LogP contribution < -0.4 is 16.8 Å². The Labute approximate surface area is 66.2 Å². The standard InChI is InChI=1S/C5H7N3O4/c1-6-3(9)8-4(10)7(2)5(11)12-8/h1-2H3,(H,6,9). The molecule has 0 unspecified atom stereocenters. The van der Waals surface area contributed by atoms with Crippen molar-refractivity contribution < 1.29 is 9.32 Å². The summed E-state index contributed by atoms with van der Waals surface area (Å²) in [6.45, 7) is 0. The first kappa shape index (κ1) is 8.31. The Bertz CT molecular complexity index is 409. The normalized spacial score (nSPS) is 9.83. The first-order valence-electron chi connectivity index (χ1n) is 3.09. The van der Waals surface area contributed by atoms with Crippen LogP contribution in [0.2, 0.25) is 0 Å². The molecule has 1 rings (SSSR count). The third-order valence-corrected chi connectivity index (χ3v) is 1.30. The fourth-order valence-electron chi connectivity index (χ4n) is 0.623. The van der Waals surface area contributed by atoms with E-state index < -0.39 is 17.5 Å². The molecule has 66 valence electrons. The molecule has 0 aliphatic carbocycles. The number of hydrogen-bond donors (Lipinski definition) is 1. The Morgan fingerprint density at radius 2 is 2.08 bits per heavy atom. The number of aromatic nitrogens is 2. The summed E-state index contributed by atoms with van der Waals surface area (Å²) in [4.78, 5) is 32.4. The Balaban J connectivity index is 3.38. The van der Waals surface area contributed by atoms with Gasteiger partial charge in [0.1, 0.15) is 0 Å². The molecule has 0 fully saturated rings. The van der Waals surface area contributed by atoms with Gasteiger partial charge < -0.3 is 9.84 Å². The van der Waals surface area contributed by atoms with Gasteiger partial charge in [0.2, 0.25) is 0 Å². The summed E-state index contributed by atoms with van der Waals surface area (Å²) in [6, 6.07) is -0.780. The molecular weight excluding hydrogens is 166 g/mol. The van der Waals surface area contributed by atoms with Gasteiger partial charge >= 0.3 is 17.5 Å². The number of rotatable bonds is 0. The van der Waals surface area contributed by atoms with Crippen LogP contribution in [0.15, 0.2) is 14.1 Å².